The van der Waals surface area contributed by atoms with Crippen LogP contribution in [0.2, 0.25) is 5.02 Å². The number of fused-ring (bicyclic) bond motifs is 1. The summed E-state index contributed by atoms with van der Waals surface area (Å²) in [6, 6.07) is 0. The van der Waals surface area contributed by atoms with Crippen molar-refractivity contribution < 1.29 is 9.53 Å². The molecule has 2 aromatic heterocycles. The minimum absolute atomic E-state index is 0.00181. The van der Waals surface area contributed by atoms with E-state index >= 15 is 0 Å². The Morgan fingerprint density at radius 1 is 1.39 bits per heavy atom. The molecule has 2 aromatic rings. The lowest BCUT2D eigenvalue weighted by Gasteiger charge is -2.15. The Labute approximate surface area is 145 Å². The minimum Gasteiger partial charge on any atom is -0.466 e. The second-order valence-corrected chi connectivity index (χ2v) is 7.25. The third-order valence-corrected chi connectivity index (χ3v) is 5.79. The van der Waals surface area contributed by atoms with Gasteiger partial charge in [0.05, 0.1) is 18.1 Å². The lowest BCUT2D eigenvalue weighted by molar-refractivity contribution is -0.142. The first-order chi connectivity index (χ1) is 11.1. The molecule has 0 radical (unpaired) electrons. The zero-order chi connectivity index (χ0) is 16.4. The van der Waals surface area contributed by atoms with Crippen LogP contribution in [-0.2, 0) is 29.0 Å². The normalized spacial score (nSPS) is 14.8. The summed E-state index contributed by atoms with van der Waals surface area (Å²) in [5, 5.41) is 2.92. The van der Waals surface area contributed by atoms with E-state index in [1.54, 1.807) is 17.0 Å². The molecule has 1 aliphatic rings. The van der Waals surface area contributed by atoms with Crippen molar-refractivity contribution in [3.8, 4) is 0 Å². The SMILES string of the molecule is CCOC(=O)Cc1c(Cl)csc1N=c1sc(=O)n2n1CCCC2. The van der Waals surface area contributed by atoms with E-state index in [2.05, 4.69) is 4.99 Å². The van der Waals surface area contributed by atoms with E-state index in [4.69, 9.17) is 16.3 Å². The fourth-order valence-corrected chi connectivity index (χ4v) is 4.57. The van der Waals surface area contributed by atoms with E-state index in [1.807, 2.05) is 4.68 Å². The second kappa shape index (κ2) is 7.02. The van der Waals surface area contributed by atoms with Gasteiger partial charge in [-0.1, -0.05) is 11.6 Å². The van der Waals surface area contributed by atoms with Crippen molar-refractivity contribution in [2.24, 2.45) is 4.99 Å². The van der Waals surface area contributed by atoms with Gasteiger partial charge in [-0.15, -0.1) is 11.3 Å². The zero-order valence-corrected chi connectivity index (χ0v) is 15.0. The fraction of sp³-hybridized carbons (Fsp3) is 0.500. The van der Waals surface area contributed by atoms with Gasteiger partial charge in [0.25, 0.3) is 0 Å². The Kier molecular flexibility index (Phi) is 5.03. The third kappa shape index (κ3) is 3.44. The largest absolute Gasteiger partial charge is 0.466 e. The highest BCUT2D eigenvalue weighted by Gasteiger charge is 2.17. The maximum atomic E-state index is 12.0. The number of rotatable bonds is 4. The highest BCUT2D eigenvalue weighted by molar-refractivity contribution is 7.14. The number of hydrogen-bond donors (Lipinski definition) is 0. The predicted molar refractivity (Wildman–Crippen MR) is 90.7 cm³/mol. The van der Waals surface area contributed by atoms with Crippen LogP contribution in [0.15, 0.2) is 15.2 Å². The van der Waals surface area contributed by atoms with Gasteiger partial charge in [0.15, 0.2) is 0 Å². The molecule has 0 amide bonds. The predicted octanol–water partition coefficient (Wildman–Crippen LogP) is 2.56. The Hall–Kier alpha value is -1.38. The van der Waals surface area contributed by atoms with Crippen LogP contribution < -0.4 is 9.67 Å². The molecule has 1 aliphatic heterocycles. The minimum atomic E-state index is -0.330. The van der Waals surface area contributed by atoms with Gasteiger partial charge in [0, 0.05) is 24.0 Å². The Morgan fingerprint density at radius 2 is 2.13 bits per heavy atom. The van der Waals surface area contributed by atoms with Crippen LogP contribution in [0.1, 0.15) is 25.3 Å². The van der Waals surface area contributed by atoms with Crippen molar-refractivity contribution in [1.29, 1.82) is 0 Å². The summed E-state index contributed by atoms with van der Waals surface area (Å²) < 4.78 is 8.62. The first-order valence-electron chi connectivity index (χ1n) is 7.37. The van der Waals surface area contributed by atoms with Crippen LogP contribution in [-0.4, -0.2) is 21.9 Å². The average molecular weight is 374 g/mol. The molecular formula is C14H16ClN3O3S2. The summed E-state index contributed by atoms with van der Waals surface area (Å²) >= 11 is 8.67. The summed E-state index contributed by atoms with van der Waals surface area (Å²) in [4.78, 5) is 29.0. The molecule has 0 aromatic carbocycles. The molecule has 6 nitrogen and oxygen atoms in total. The number of hydrogen-bond acceptors (Lipinski definition) is 6. The summed E-state index contributed by atoms with van der Waals surface area (Å²) in [5.74, 6) is -0.330. The van der Waals surface area contributed by atoms with Gasteiger partial charge in [0.2, 0.25) is 4.80 Å². The van der Waals surface area contributed by atoms with Crippen LogP contribution in [0.25, 0.3) is 0 Å². The average Bonchev–Trinajstić information content (AvgIpc) is 3.03. The maximum absolute atomic E-state index is 12.0. The maximum Gasteiger partial charge on any atom is 0.325 e. The lowest BCUT2D eigenvalue weighted by Crippen LogP contribution is -2.31. The molecular weight excluding hydrogens is 358 g/mol. The van der Waals surface area contributed by atoms with Crippen molar-refractivity contribution in [3.63, 3.8) is 0 Å². The summed E-state index contributed by atoms with van der Waals surface area (Å²) in [6.07, 6.45) is 2.13. The molecule has 0 unspecified atom stereocenters. The van der Waals surface area contributed by atoms with Gasteiger partial charge in [-0.2, -0.15) is 0 Å². The number of thiophene rings is 1. The molecule has 0 spiro atoms. The van der Waals surface area contributed by atoms with Gasteiger partial charge in [-0.25, -0.2) is 9.67 Å². The Bertz CT molecular complexity index is 846. The number of ether oxygens (including phenoxy) is 1. The number of carbonyl (C=O) groups excluding carboxylic acids is 1. The van der Waals surface area contributed by atoms with Gasteiger partial charge >= 0.3 is 10.8 Å². The molecule has 124 valence electrons. The first kappa shape index (κ1) is 16.5. The standard InChI is InChI=1S/C14H16ClN3O3S2/c1-2-21-11(19)7-9-10(15)8-22-12(9)16-13-17-5-3-4-6-18(17)14(20)23-13/h8H,2-7H2,1H3. The van der Waals surface area contributed by atoms with Crippen molar-refractivity contribution in [2.75, 3.05) is 6.61 Å². The van der Waals surface area contributed by atoms with Crippen molar-refractivity contribution >= 4 is 45.2 Å². The Morgan fingerprint density at radius 3 is 2.87 bits per heavy atom. The quantitative estimate of drug-likeness (QED) is 0.773. The molecule has 0 N–H and O–H groups in total. The van der Waals surface area contributed by atoms with E-state index in [0.717, 1.165) is 37.3 Å². The number of esters is 1. The molecule has 0 atom stereocenters. The first-order valence-corrected chi connectivity index (χ1v) is 9.44. The highest BCUT2D eigenvalue weighted by Crippen LogP contribution is 2.34. The lowest BCUT2D eigenvalue weighted by atomic mass is 10.2. The topological polar surface area (TPSA) is 65.6 Å². The Balaban J connectivity index is 2.01. The monoisotopic (exact) mass is 373 g/mol. The van der Waals surface area contributed by atoms with Gasteiger partial charge in [-0.3, -0.25) is 14.3 Å². The molecule has 0 aliphatic carbocycles. The molecule has 0 saturated heterocycles. The van der Waals surface area contributed by atoms with Crippen LogP contribution >= 0.6 is 34.3 Å². The summed E-state index contributed by atoms with van der Waals surface area (Å²) in [6.45, 7) is 3.60. The van der Waals surface area contributed by atoms with Crippen LogP contribution in [0, 0.1) is 0 Å². The number of aromatic nitrogens is 2. The van der Waals surface area contributed by atoms with E-state index in [-0.39, 0.29) is 17.3 Å². The molecule has 0 saturated carbocycles. The molecule has 0 fully saturated rings. The van der Waals surface area contributed by atoms with E-state index < -0.39 is 0 Å². The van der Waals surface area contributed by atoms with E-state index in [1.165, 1.54) is 11.3 Å². The third-order valence-electron chi connectivity index (χ3n) is 3.54. The summed E-state index contributed by atoms with van der Waals surface area (Å²) in [7, 11) is 0. The van der Waals surface area contributed by atoms with Crippen LogP contribution in [0.4, 0.5) is 5.00 Å². The van der Waals surface area contributed by atoms with Gasteiger partial charge < -0.3 is 4.74 Å². The van der Waals surface area contributed by atoms with E-state index in [0.29, 0.717) is 27.0 Å². The van der Waals surface area contributed by atoms with Crippen LogP contribution in [0.3, 0.4) is 0 Å². The number of halogens is 1. The second-order valence-electron chi connectivity index (χ2n) is 5.06. The highest BCUT2D eigenvalue weighted by atomic mass is 35.5. The number of nitrogens with zero attached hydrogens (tertiary/aromatic N) is 3. The number of carbonyl (C=O) groups is 1. The fourth-order valence-electron chi connectivity index (χ4n) is 2.47. The smallest absolute Gasteiger partial charge is 0.325 e. The van der Waals surface area contributed by atoms with Crippen molar-refractivity contribution in [2.45, 2.75) is 39.3 Å². The van der Waals surface area contributed by atoms with Gasteiger partial charge in [-0.05, 0) is 31.1 Å². The summed E-state index contributed by atoms with van der Waals surface area (Å²) in [5.41, 5.74) is 0.658. The van der Waals surface area contributed by atoms with Gasteiger partial charge in [0.1, 0.15) is 5.00 Å². The van der Waals surface area contributed by atoms with Crippen molar-refractivity contribution in [3.05, 3.63) is 30.4 Å². The molecule has 9 heteroatoms. The van der Waals surface area contributed by atoms with Crippen LogP contribution in [0.5, 0.6) is 0 Å². The van der Waals surface area contributed by atoms with E-state index in [9.17, 15) is 9.59 Å². The van der Waals surface area contributed by atoms with Crippen molar-refractivity contribution in [1.82, 2.24) is 9.36 Å². The molecule has 3 heterocycles. The zero-order valence-electron chi connectivity index (χ0n) is 12.6. The molecule has 3 rings (SSSR count). The molecule has 23 heavy (non-hydrogen) atoms. The molecule has 0 bridgehead atoms.